The monoisotopic (exact) mass is 256 g/mol. The van der Waals surface area contributed by atoms with Crippen molar-refractivity contribution >= 4 is 5.95 Å². The van der Waals surface area contributed by atoms with Crippen LogP contribution in [0.5, 0.6) is 0 Å². The van der Waals surface area contributed by atoms with Gasteiger partial charge in [-0.25, -0.2) is 9.97 Å². The summed E-state index contributed by atoms with van der Waals surface area (Å²) >= 11 is 0. The molecule has 3 rings (SSSR count). The molecule has 0 aliphatic rings. The van der Waals surface area contributed by atoms with Gasteiger partial charge in [0.25, 0.3) is 0 Å². The molecule has 0 aliphatic heterocycles. The zero-order valence-corrected chi connectivity index (χ0v) is 10.3. The number of nitrogens with one attached hydrogen (secondary N) is 1. The number of hydrogen-bond donors (Lipinski definition) is 1. The van der Waals surface area contributed by atoms with Gasteiger partial charge < -0.3 is 5.32 Å². The normalized spacial score (nSPS) is 10.6. The van der Waals surface area contributed by atoms with E-state index >= 15 is 0 Å². The highest BCUT2D eigenvalue weighted by atomic mass is 15.3. The van der Waals surface area contributed by atoms with E-state index in [1.807, 2.05) is 6.92 Å². The van der Waals surface area contributed by atoms with Crippen LogP contribution in [0.2, 0.25) is 0 Å². The summed E-state index contributed by atoms with van der Waals surface area (Å²) < 4.78 is 3.45. The Morgan fingerprint density at radius 3 is 1.95 bits per heavy atom. The molecule has 0 unspecified atom stereocenters. The van der Waals surface area contributed by atoms with Gasteiger partial charge in [-0.1, -0.05) is 0 Å². The van der Waals surface area contributed by atoms with E-state index in [-0.39, 0.29) is 0 Å². The summed E-state index contributed by atoms with van der Waals surface area (Å²) in [6, 6.07) is 0. The van der Waals surface area contributed by atoms with E-state index in [1.165, 1.54) is 0 Å². The third-order valence-corrected chi connectivity index (χ3v) is 2.42. The summed E-state index contributed by atoms with van der Waals surface area (Å²) in [6.07, 6.45) is 10.2. The van der Waals surface area contributed by atoms with Crippen molar-refractivity contribution in [3.63, 3.8) is 0 Å². The molecule has 0 saturated carbocycles. The maximum atomic E-state index is 4.38. The summed E-state index contributed by atoms with van der Waals surface area (Å²) in [7, 11) is 0. The summed E-state index contributed by atoms with van der Waals surface area (Å²) in [5.41, 5.74) is 0. The maximum absolute atomic E-state index is 4.38. The fourth-order valence-electron chi connectivity index (χ4n) is 1.58. The van der Waals surface area contributed by atoms with Crippen LogP contribution in [-0.4, -0.2) is 40.6 Å². The predicted molar refractivity (Wildman–Crippen MR) is 68.2 cm³/mol. The van der Waals surface area contributed by atoms with Crippen molar-refractivity contribution in [3.05, 3.63) is 37.4 Å². The van der Waals surface area contributed by atoms with Gasteiger partial charge in [0.2, 0.25) is 17.8 Å². The van der Waals surface area contributed by atoms with Crippen molar-refractivity contribution in [1.29, 1.82) is 0 Å². The van der Waals surface area contributed by atoms with Crippen LogP contribution in [0.3, 0.4) is 0 Å². The highest BCUT2D eigenvalue weighted by Crippen LogP contribution is 2.08. The quantitative estimate of drug-likeness (QED) is 0.738. The van der Waals surface area contributed by atoms with Crippen LogP contribution >= 0.6 is 0 Å². The van der Waals surface area contributed by atoms with E-state index < -0.39 is 0 Å². The molecule has 96 valence electrons. The van der Waals surface area contributed by atoms with Gasteiger partial charge in [0.15, 0.2) is 0 Å². The molecular weight excluding hydrogens is 244 g/mol. The molecule has 0 spiro atoms. The summed E-state index contributed by atoms with van der Waals surface area (Å²) in [4.78, 5) is 21.0. The van der Waals surface area contributed by atoms with Gasteiger partial charge >= 0.3 is 0 Å². The van der Waals surface area contributed by atoms with E-state index in [1.54, 1.807) is 46.6 Å². The predicted octanol–water partition coefficient (Wildman–Crippen LogP) is 0.675. The average molecular weight is 256 g/mol. The highest BCUT2D eigenvalue weighted by Gasteiger charge is 2.08. The standard InChI is InChI=1S/C11H12N8/c1-2-14-9-15-10(18-5-3-12-7-18)17-11(16-9)19-6-4-13-8-19/h3-8H,2H2,1H3,(H,14,15,16,17). The molecule has 3 aromatic rings. The highest BCUT2D eigenvalue weighted by molar-refractivity contribution is 5.32. The third-order valence-electron chi connectivity index (χ3n) is 2.42. The fourth-order valence-corrected chi connectivity index (χ4v) is 1.58. The minimum absolute atomic E-state index is 0.507. The molecule has 1 N–H and O–H groups in total. The van der Waals surface area contributed by atoms with Gasteiger partial charge in [0.05, 0.1) is 0 Å². The van der Waals surface area contributed by atoms with Gasteiger partial charge in [-0.3, -0.25) is 9.13 Å². The minimum atomic E-state index is 0.507. The lowest BCUT2D eigenvalue weighted by molar-refractivity contribution is 0.837. The number of hydrogen-bond acceptors (Lipinski definition) is 6. The second-order valence-electron chi connectivity index (χ2n) is 3.73. The van der Waals surface area contributed by atoms with Crippen molar-refractivity contribution in [2.75, 3.05) is 11.9 Å². The van der Waals surface area contributed by atoms with Gasteiger partial charge in [-0.15, -0.1) is 0 Å². The summed E-state index contributed by atoms with van der Waals surface area (Å²) in [5, 5.41) is 3.08. The Morgan fingerprint density at radius 1 is 0.947 bits per heavy atom. The van der Waals surface area contributed by atoms with E-state index in [2.05, 4.69) is 30.2 Å². The van der Waals surface area contributed by atoms with Crippen molar-refractivity contribution < 1.29 is 0 Å². The molecule has 19 heavy (non-hydrogen) atoms. The molecule has 0 aromatic carbocycles. The number of imidazole rings is 2. The molecule has 8 heteroatoms. The SMILES string of the molecule is CCNc1nc(-n2ccnc2)nc(-n2ccnc2)n1. The Balaban J connectivity index is 2.09. The molecule has 3 aromatic heterocycles. The van der Waals surface area contributed by atoms with E-state index in [4.69, 9.17) is 0 Å². The van der Waals surface area contributed by atoms with Crippen LogP contribution in [0.1, 0.15) is 6.92 Å². The Hall–Kier alpha value is -2.77. The van der Waals surface area contributed by atoms with Crippen LogP contribution in [0.25, 0.3) is 11.9 Å². The minimum Gasteiger partial charge on any atom is -0.354 e. The van der Waals surface area contributed by atoms with E-state index in [0.717, 1.165) is 6.54 Å². The maximum Gasteiger partial charge on any atom is 0.241 e. The first-order valence-corrected chi connectivity index (χ1v) is 5.83. The lowest BCUT2D eigenvalue weighted by Gasteiger charge is -2.07. The van der Waals surface area contributed by atoms with Crippen molar-refractivity contribution in [3.8, 4) is 11.9 Å². The zero-order valence-electron chi connectivity index (χ0n) is 10.3. The molecule has 8 nitrogen and oxygen atoms in total. The second kappa shape index (κ2) is 4.84. The Morgan fingerprint density at radius 2 is 1.53 bits per heavy atom. The molecule has 0 aliphatic carbocycles. The van der Waals surface area contributed by atoms with Gasteiger partial charge in [0.1, 0.15) is 12.7 Å². The second-order valence-corrected chi connectivity index (χ2v) is 3.73. The first kappa shape index (κ1) is 11.3. The molecular formula is C11H12N8. The lowest BCUT2D eigenvalue weighted by atomic mass is 10.7. The van der Waals surface area contributed by atoms with Gasteiger partial charge in [0, 0.05) is 31.3 Å². The molecule has 0 bridgehead atoms. The van der Waals surface area contributed by atoms with Crippen LogP contribution in [0.15, 0.2) is 37.4 Å². The molecule has 3 heterocycles. The van der Waals surface area contributed by atoms with Gasteiger partial charge in [-0.05, 0) is 6.92 Å². The molecule has 0 fully saturated rings. The smallest absolute Gasteiger partial charge is 0.241 e. The first-order valence-electron chi connectivity index (χ1n) is 5.83. The van der Waals surface area contributed by atoms with Crippen molar-refractivity contribution in [1.82, 2.24) is 34.1 Å². The van der Waals surface area contributed by atoms with E-state index in [0.29, 0.717) is 17.8 Å². The number of anilines is 1. The number of rotatable bonds is 4. The number of aromatic nitrogens is 7. The largest absolute Gasteiger partial charge is 0.354 e. The fraction of sp³-hybridized carbons (Fsp3) is 0.182. The Kier molecular flexibility index (Phi) is 2.89. The average Bonchev–Trinajstić information content (AvgIpc) is 3.12. The Labute approximate surface area is 109 Å². The topological polar surface area (TPSA) is 86.3 Å². The van der Waals surface area contributed by atoms with Gasteiger partial charge in [-0.2, -0.15) is 15.0 Å². The van der Waals surface area contributed by atoms with Crippen LogP contribution in [-0.2, 0) is 0 Å². The Bertz CT molecular complexity index is 591. The van der Waals surface area contributed by atoms with Crippen molar-refractivity contribution in [2.24, 2.45) is 0 Å². The van der Waals surface area contributed by atoms with Crippen LogP contribution in [0, 0.1) is 0 Å². The van der Waals surface area contributed by atoms with Crippen LogP contribution in [0.4, 0.5) is 5.95 Å². The number of nitrogens with zero attached hydrogens (tertiary/aromatic N) is 7. The lowest BCUT2D eigenvalue weighted by Crippen LogP contribution is -2.11. The third kappa shape index (κ3) is 2.28. The summed E-state index contributed by atoms with van der Waals surface area (Å²) in [6.45, 7) is 2.72. The molecule has 0 amide bonds. The molecule has 0 saturated heterocycles. The van der Waals surface area contributed by atoms with E-state index in [9.17, 15) is 0 Å². The van der Waals surface area contributed by atoms with Crippen LogP contribution < -0.4 is 5.32 Å². The first-order chi connectivity index (χ1) is 9.36. The molecule has 0 radical (unpaired) electrons. The summed E-state index contributed by atoms with van der Waals surface area (Å²) in [5.74, 6) is 1.53. The zero-order chi connectivity index (χ0) is 13.1. The molecule has 0 atom stereocenters. The van der Waals surface area contributed by atoms with Crippen molar-refractivity contribution in [2.45, 2.75) is 6.92 Å².